The zero-order chi connectivity index (χ0) is 25.8. The van der Waals surface area contributed by atoms with Gasteiger partial charge in [-0.25, -0.2) is 14.4 Å². The highest BCUT2D eigenvalue weighted by Crippen LogP contribution is 2.33. The van der Waals surface area contributed by atoms with Crippen LogP contribution in [0.4, 0.5) is 4.39 Å². The number of carbonyl (C=O) groups is 2. The molecule has 0 spiro atoms. The van der Waals surface area contributed by atoms with E-state index in [0.29, 0.717) is 35.1 Å². The van der Waals surface area contributed by atoms with Crippen LogP contribution in [0.5, 0.6) is 0 Å². The molecule has 192 valence electrons. The van der Waals surface area contributed by atoms with E-state index >= 15 is 0 Å². The van der Waals surface area contributed by atoms with Crippen molar-refractivity contribution in [2.24, 2.45) is 11.1 Å². The number of oxime groups is 1. The minimum Gasteiger partial charge on any atom is -0.391 e. The van der Waals surface area contributed by atoms with E-state index in [1.54, 1.807) is 32.0 Å². The van der Waals surface area contributed by atoms with Gasteiger partial charge in [0.2, 0.25) is 5.91 Å². The van der Waals surface area contributed by atoms with Gasteiger partial charge in [-0.15, -0.1) is 0 Å². The van der Waals surface area contributed by atoms with Crippen molar-refractivity contribution in [2.45, 2.75) is 77.7 Å². The summed E-state index contributed by atoms with van der Waals surface area (Å²) in [6, 6.07) is 6.40. The van der Waals surface area contributed by atoms with Crippen molar-refractivity contribution in [3.05, 3.63) is 58.4 Å². The second kappa shape index (κ2) is 11.1. The molecule has 1 aliphatic carbocycles. The molecule has 3 N–H and O–H groups in total. The minimum absolute atomic E-state index is 0.0644. The number of nitrogens with one attached hydrogen (secondary N) is 2. The van der Waals surface area contributed by atoms with E-state index in [2.05, 4.69) is 25.8 Å². The zero-order valence-electron chi connectivity index (χ0n) is 20.8. The number of rotatable bonds is 7. The van der Waals surface area contributed by atoms with E-state index in [4.69, 9.17) is 4.84 Å². The van der Waals surface area contributed by atoms with E-state index in [9.17, 15) is 19.1 Å². The lowest BCUT2D eigenvalue weighted by molar-refractivity contribution is -0.129. The lowest BCUT2D eigenvalue weighted by atomic mass is 9.81. The maximum absolute atomic E-state index is 13.5. The van der Waals surface area contributed by atoms with E-state index in [1.165, 1.54) is 13.0 Å². The molecule has 2 aliphatic rings. The first-order valence-corrected chi connectivity index (χ1v) is 12.3. The van der Waals surface area contributed by atoms with Crippen molar-refractivity contribution in [1.29, 1.82) is 0 Å². The van der Waals surface area contributed by atoms with Crippen LogP contribution >= 0.6 is 0 Å². The van der Waals surface area contributed by atoms with Crippen LogP contribution in [0.1, 0.15) is 72.2 Å². The highest BCUT2D eigenvalue weighted by atomic mass is 19.1. The van der Waals surface area contributed by atoms with Gasteiger partial charge in [0.1, 0.15) is 35.3 Å². The molecular formula is C26H32FN5O4. The van der Waals surface area contributed by atoms with Gasteiger partial charge < -0.3 is 20.6 Å². The van der Waals surface area contributed by atoms with Gasteiger partial charge >= 0.3 is 0 Å². The molecular weight excluding hydrogens is 465 g/mol. The van der Waals surface area contributed by atoms with Gasteiger partial charge in [0.25, 0.3) is 5.91 Å². The van der Waals surface area contributed by atoms with Gasteiger partial charge in [0.15, 0.2) is 0 Å². The van der Waals surface area contributed by atoms with Crippen molar-refractivity contribution >= 4 is 17.5 Å². The molecule has 2 heterocycles. The van der Waals surface area contributed by atoms with Crippen molar-refractivity contribution in [1.82, 2.24) is 20.6 Å². The van der Waals surface area contributed by atoms with Crippen molar-refractivity contribution in [2.75, 3.05) is 0 Å². The summed E-state index contributed by atoms with van der Waals surface area (Å²) in [4.78, 5) is 39.0. The number of hydrogen-bond acceptors (Lipinski definition) is 7. The van der Waals surface area contributed by atoms with Crippen molar-refractivity contribution in [3.63, 3.8) is 0 Å². The van der Waals surface area contributed by atoms with Crippen LogP contribution < -0.4 is 10.6 Å². The second-order valence-corrected chi connectivity index (χ2v) is 9.63. The normalized spacial score (nSPS) is 22.4. The van der Waals surface area contributed by atoms with Crippen LogP contribution in [0.2, 0.25) is 0 Å². The molecule has 2 aromatic rings. The monoisotopic (exact) mass is 497 g/mol. The van der Waals surface area contributed by atoms with Crippen LogP contribution in [-0.4, -0.2) is 50.9 Å². The highest BCUT2D eigenvalue weighted by Gasteiger charge is 2.34. The molecule has 10 heteroatoms. The molecule has 2 atom stereocenters. The number of aliphatic hydroxyl groups excluding tert-OH is 1. The van der Waals surface area contributed by atoms with E-state index in [1.807, 2.05) is 0 Å². The Morgan fingerprint density at radius 2 is 1.92 bits per heavy atom. The number of amides is 2. The van der Waals surface area contributed by atoms with Crippen LogP contribution in [0.25, 0.3) is 0 Å². The summed E-state index contributed by atoms with van der Waals surface area (Å²) in [6.45, 7) is 5.12. The molecule has 1 aromatic heterocycles. The summed E-state index contributed by atoms with van der Waals surface area (Å²) < 4.78 is 13.5. The molecule has 2 amide bonds. The Hall–Kier alpha value is -3.40. The maximum Gasteiger partial charge on any atom is 0.270 e. The van der Waals surface area contributed by atoms with Gasteiger partial charge in [-0.1, -0.05) is 17.3 Å². The second-order valence-electron chi connectivity index (χ2n) is 9.63. The number of aromatic nitrogens is 2. The fraction of sp³-hybridized carbons (Fsp3) is 0.500. The molecule has 1 fully saturated rings. The SMILES string of the molecule is Cc1nc(C(=O)NCc2ccc(F)c(C)c2)cc(C2=NO[C@H](C3CCC(NC(=O)[C@H](C)O)CC3)C2)n1. The average Bonchev–Trinajstić information content (AvgIpc) is 3.35. The molecule has 1 aliphatic heterocycles. The molecule has 1 saturated carbocycles. The average molecular weight is 498 g/mol. The summed E-state index contributed by atoms with van der Waals surface area (Å²) in [6.07, 6.45) is 2.91. The largest absolute Gasteiger partial charge is 0.391 e. The van der Waals surface area contributed by atoms with Crippen LogP contribution in [0.15, 0.2) is 29.4 Å². The molecule has 0 radical (unpaired) electrons. The van der Waals surface area contributed by atoms with Gasteiger partial charge in [0.05, 0.1) is 5.69 Å². The lowest BCUT2D eigenvalue weighted by Crippen LogP contribution is -2.43. The standard InChI is InChI=1S/C26H32FN5O4/c1-14-10-17(4-9-20(14)27)13-28-26(35)23-11-21(29-16(3)30-23)22-12-24(36-32-22)18-5-7-19(8-6-18)31-25(34)15(2)33/h4,9-11,15,18-19,24,33H,5-8,12-13H2,1-3H3,(H,28,35)(H,31,34)/t15-,18?,19?,24-/m0/s1. The molecule has 1 aromatic carbocycles. The van der Waals surface area contributed by atoms with E-state index in [-0.39, 0.29) is 42.0 Å². The summed E-state index contributed by atoms with van der Waals surface area (Å²) in [5.41, 5.74) is 2.79. The quantitative estimate of drug-likeness (QED) is 0.540. The van der Waals surface area contributed by atoms with Crippen LogP contribution in [-0.2, 0) is 16.2 Å². The summed E-state index contributed by atoms with van der Waals surface area (Å²) >= 11 is 0. The smallest absolute Gasteiger partial charge is 0.270 e. The Balaban J connectivity index is 1.33. The minimum atomic E-state index is -1.01. The number of halogens is 1. The first-order valence-electron chi connectivity index (χ1n) is 12.3. The Kier molecular flexibility index (Phi) is 7.93. The fourth-order valence-electron chi connectivity index (χ4n) is 4.68. The highest BCUT2D eigenvalue weighted by molar-refractivity contribution is 6.01. The number of benzene rings is 1. The maximum atomic E-state index is 13.5. The number of nitrogens with zero attached hydrogens (tertiary/aromatic N) is 3. The van der Waals surface area contributed by atoms with E-state index in [0.717, 1.165) is 31.2 Å². The molecule has 0 bridgehead atoms. The number of aliphatic hydroxyl groups is 1. The zero-order valence-corrected chi connectivity index (χ0v) is 20.8. The molecule has 4 rings (SSSR count). The topological polar surface area (TPSA) is 126 Å². The third-order valence-electron chi connectivity index (χ3n) is 6.76. The third kappa shape index (κ3) is 6.23. The molecule has 9 nitrogen and oxygen atoms in total. The molecule has 36 heavy (non-hydrogen) atoms. The van der Waals surface area contributed by atoms with Gasteiger partial charge in [-0.2, -0.15) is 0 Å². The summed E-state index contributed by atoms with van der Waals surface area (Å²) in [5, 5.41) is 19.4. The summed E-state index contributed by atoms with van der Waals surface area (Å²) in [7, 11) is 0. The van der Waals surface area contributed by atoms with Crippen molar-refractivity contribution < 1.29 is 23.9 Å². The fourth-order valence-corrected chi connectivity index (χ4v) is 4.68. The van der Waals surface area contributed by atoms with Crippen molar-refractivity contribution in [3.8, 4) is 0 Å². The number of hydrogen-bond donors (Lipinski definition) is 3. The molecule has 0 unspecified atom stereocenters. The number of aryl methyl sites for hydroxylation is 2. The predicted molar refractivity (Wildman–Crippen MR) is 131 cm³/mol. The molecule has 0 saturated heterocycles. The first kappa shape index (κ1) is 25.7. The van der Waals surface area contributed by atoms with Gasteiger partial charge in [-0.05, 0) is 75.6 Å². The van der Waals surface area contributed by atoms with Crippen LogP contribution in [0, 0.1) is 25.6 Å². The third-order valence-corrected chi connectivity index (χ3v) is 6.76. The Morgan fingerprint density at radius 3 is 2.61 bits per heavy atom. The van der Waals surface area contributed by atoms with Crippen LogP contribution in [0.3, 0.4) is 0 Å². The Bertz CT molecular complexity index is 1160. The van der Waals surface area contributed by atoms with Gasteiger partial charge in [0, 0.05) is 19.0 Å². The van der Waals surface area contributed by atoms with E-state index < -0.39 is 6.10 Å². The first-order chi connectivity index (χ1) is 17.2. The Labute approximate surface area is 209 Å². The summed E-state index contributed by atoms with van der Waals surface area (Å²) in [5.74, 6) is -0.216. The van der Waals surface area contributed by atoms with Gasteiger partial charge in [-0.3, -0.25) is 9.59 Å². The lowest BCUT2D eigenvalue weighted by Gasteiger charge is -2.31. The Morgan fingerprint density at radius 1 is 1.17 bits per heavy atom. The number of carbonyl (C=O) groups excluding carboxylic acids is 2. The predicted octanol–water partition coefficient (Wildman–Crippen LogP) is 2.71.